The van der Waals surface area contributed by atoms with Gasteiger partial charge in [0.25, 0.3) is 0 Å². The summed E-state index contributed by atoms with van der Waals surface area (Å²) in [4.78, 5) is 14.5. The zero-order valence-corrected chi connectivity index (χ0v) is 20.5. The molecule has 34 heavy (non-hydrogen) atoms. The van der Waals surface area contributed by atoms with Crippen LogP contribution >= 0.6 is 12.2 Å². The zero-order chi connectivity index (χ0) is 23.3. The zero-order valence-electron chi connectivity index (χ0n) is 19.7. The highest BCUT2D eigenvalue weighted by molar-refractivity contribution is 7.80. The fourth-order valence-corrected chi connectivity index (χ4v) is 5.04. The Morgan fingerprint density at radius 2 is 1.53 bits per heavy atom. The number of hydrogen-bond donors (Lipinski definition) is 2. The SMILES string of the molecule is C[C@H](NC(=S)Nc1nc(N2CCCCC2)cc(N2CCc3ccccc3C2)n1)c1ccccc1. The third kappa shape index (κ3) is 5.30. The molecule has 0 radical (unpaired) electrons. The van der Waals surface area contributed by atoms with Crippen LogP contribution in [0.4, 0.5) is 17.6 Å². The number of fused-ring (bicyclic) bond motifs is 1. The van der Waals surface area contributed by atoms with Gasteiger partial charge in [-0.05, 0) is 61.5 Å². The topological polar surface area (TPSA) is 56.3 Å². The monoisotopic (exact) mass is 472 g/mol. The van der Waals surface area contributed by atoms with Crippen LogP contribution in [0.2, 0.25) is 0 Å². The van der Waals surface area contributed by atoms with Gasteiger partial charge >= 0.3 is 0 Å². The van der Waals surface area contributed by atoms with E-state index in [1.54, 1.807) is 0 Å². The standard InChI is InChI=1S/C27H32N6S/c1-20(21-10-4-2-5-11-21)28-27(34)31-26-29-24(32-15-8-3-9-16-32)18-25(30-26)33-17-14-22-12-6-7-13-23(22)19-33/h2,4-7,10-13,18,20H,3,8-9,14-17,19H2,1H3,(H2,28,29,30,31,34)/t20-/m0/s1. The van der Waals surface area contributed by atoms with Crippen molar-refractivity contribution in [1.29, 1.82) is 0 Å². The lowest BCUT2D eigenvalue weighted by atomic mass is 10.00. The van der Waals surface area contributed by atoms with E-state index in [-0.39, 0.29) is 6.04 Å². The number of aromatic nitrogens is 2. The van der Waals surface area contributed by atoms with E-state index in [0.29, 0.717) is 11.1 Å². The molecular weight excluding hydrogens is 440 g/mol. The second kappa shape index (κ2) is 10.4. The first-order valence-corrected chi connectivity index (χ1v) is 12.6. The van der Waals surface area contributed by atoms with Gasteiger partial charge in [0.05, 0.1) is 6.04 Å². The van der Waals surface area contributed by atoms with Crippen LogP contribution in [-0.2, 0) is 13.0 Å². The lowest BCUT2D eigenvalue weighted by Gasteiger charge is -2.32. The fourth-order valence-electron chi connectivity index (χ4n) is 4.78. The smallest absolute Gasteiger partial charge is 0.232 e. The summed E-state index contributed by atoms with van der Waals surface area (Å²) in [6.07, 6.45) is 4.71. The van der Waals surface area contributed by atoms with E-state index in [1.807, 2.05) is 18.2 Å². The Balaban J connectivity index is 1.37. The number of anilines is 3. The predicted molar refractivity (Wildman–Crippen MR) is 144 cm³/mol. The van der Waals surface area contributed by atoms with Gasteiger partial charge in [-0.2, -0.15) is 9.97 Å². The Kier molecular flexibility index (Phi) is 6.90. The van der Waals surface area contributed by atoms with Crippen molar-refractivity contribution in [2.45, 2.75) is 45.2 Å². The first-order chi connectivity index (χ1) is 16.7. The average Bonchev–Trinajstić information content (AvgIpc) is 2.89. The van der Waals surface area contributed by atoms with Crippen LogP contribution in [0.5, 0.6) is 0 Å². The van der Waals surface area contributed by atoms with E-state index in [2.05, 4.69) is 69.8 Å². The molecule has 0 saturated carbocycles. The van der Waals surface area contributed by atoms with Gasteiger partial charge in [0.15, 0.2) is 5.11 Å². The highest BCUT2D eigenvalue weighted by Crippen LogP contribution is 2.28. The van der Waals surface area contributed by atoms with E-state index in [0.717, 1.165) is 44.2 Å². The molecule has 1 atom stereocenters. The first-order valence-electron chi connectivity index (χ1n) is 12.2. The quantitative estimate of drug-likeness (QED) is 0.503. The minimum absolute atomic E-state index is 0.0875. The fraction of sp³-hybridized carbons (Fsp3) is 0.370. The van der Waals surface area contributed by atoms with Crippen LogP contribution in [-0.4, -0.2) is 34.7 Å². The minimum Gasteiger partial charge on any atom is -0.356 e. The van der Waals surface area contributed by atoms with Gasteiger partial charge in [0.2, 0.25) is 5.95 Å². The molecule has 2 aromatic carbocycles. The van der Waals surface area contributed by atoms with E-state index < -0.39 is 0 Å². The second-order valence-corrected chi connectivity index (χ2v) is 9.54. The molecule has 0 amide bonds. The molecule has 3 aromatic rings. The predicted octanol–water partition coefficient (Wildman–Crippen LogP) is 5.08. The Bertz CT molecular complexity index is 1130. The summed E-state index contributed by atoms with van der Waals surface area (Å²) in [5, 5.41) is 7.16. The highest BCUT2D eigenvalue weighted by Gasteiger charge is 2.21. The number of nitrogens with zero attached hydrogens (tertiary/aromatic N) is 4. The lowest BCUT2D eigenvalue weighted by Crippen LogP contribution is -2.35. The van der Waals surface area contributed by atoms with Crippen molar-refractivity contribution in [2.24, 2.45) is 0 Å². The maximum Gasteiger partial charge on any atom is 0.232 e. The Morgan fingerprint density at radius 3 is 2.29 bits per heavy atom. The maximum absolute atomic E-state index is 5.63. The van der Waals surface area contributed by atoms with Crippen molar-refractivity contribution in [3.05, 3.63) is 77.4 Å². The Hall–Kier alpha value is -3.19. The van der Waals surface area contributed by atoms with Crippen molar-refractivity contribution in [1.82, 2.24) is 15.3 Å². The molecule has 5 rings (SSSR count). The second-order valence-electron chi connectivity index (χ2n) is 9.13. The van der Waals surface area contributed by atoms with E-state index in [4.69, 9.17) is 22.2 Å². The summed E-state index contributed by atoms with van der Waals surface area (Å²) >= 11 is 5.63. The van der Waals surface area contributed by atoms with Crippen LogP contribution in [0.1, 0.15) is 48.9 Å². The number of hydrogen-bond acceptors (Lipinski definition) is 5. The Labute approximate surface area is 207 Å². The molecule has 2 aliphatic rings. The molecule has 0 aliphatic carbocycles. The molecule has 176 valence electrons. The van der Waals surface area contributed by atoms with Gasteiger partial charge in [0.1, 0.15) is 11.6 Å². The van der Waals surface area contributed by atoms with Crippen LogP contribution in [0.15, 0.2) is 60.7 Å². The third-order valence-electron chi connectivity index (χ3n) is 6.71. The molecule has 1 aromatic heterocycles. The lowest BCUT2D eigenvalue weighted by molar-refractivity contribution is 0.573. The minimum atomic E-state index is 0.0875. The molecule has 0 unspecified atom stereocenters. The van der Waals surface area contributed by atoms with Crippen molar-refractivity contribution in [2.75, 3.05) is 34.8 Å². The van der Waals surface area contributed by atoms with Crippen LogP contribution < -0.4 is 20.4 Å². The van der Waals surface area contributed by atoms with E-state index >= 15 is 0 Å². The molecule has 1 saturated heterocycles. The summed E-state index contributed by atoms with van der Waals surface area (Å²) in [7, 11) is 0. The normalized spacial score (nSPS) is 16.5. The van der Waals surface area contributed by atoms with Crippen LogP contribution in [0.25, 0.3) is 0 Å². The van der Waals surface area contributed by atoms with Crippen molar-refractivity contribution in [3.8, 4) is 0 Å². The van der Waals surface area contributed by atoms with Gasteiger partial charge in [-0.15, -0.1) is 0 Å². The number of rotatable bonds is 5. The third-order valence-corrected chi connectivity index (χ3v) is 6.93. The number of thiocarbonyl (C=S) groups is 1. The maximum atomic E-state index is 5.63. The number of nitrogens with one attached hydrogen (secondary N) is 2. The average molecular weight is 473 g/mol. The highest BCUT2D eigenvalue weighted by atomic mass is 32.1. The van der Waals surface area contributed by atoms with Gasteiger partial charge < -0.3 is 20.4 Å². The first kappa shape index (κ1) is 22.6. The largest absolute Gasteiger partial charge is 0.356 e. The number of benzene rings is 2. The molecular formula is C27H32N6S. The summed E-state index contributed by atoms with van der Waals surface area (Å²) in [5.41, 5.74) is 3.99. The summed E-state index contributed by atoms with van der Waals surface area (Å²) in [6.45, 7) is 5.98. The van der Waals surface area contributed by atoms with Crippen LogP contribution in [0.3, 0.4) is 0 Å². The molecule has 6 nitrogen and oxygen atoms in total. The molecule has 7 heteroatoms. The van der Waals surface area contributed by atoms with Gasteiger partial charge in [0, 0.05) is 32.2 Å². The Morgan fingerprint density at radius 1 is 0.853 bits per heavy atom. The van der Waals surface area contributed by atoms with Crippen molar-refractivity contribution in [3.63, 3.8) is 0 Å². The molecule has 0 bridgehead atoms. The van der Waals surface area contributed by atoms with Gasteiger partial charge in [-0.25, -0.2) is 0 Å². The molecule has 2 N–H and O–H groups in total. The van der Waals surface area contributed by atoms with Crippen molar-refractivity contribution < 1.29 is 0 Å². The van der Waals surface area contributed by atoms with E-state index in [9.17, 15) is 0 Å². The van der Waals surface area contributed by atoms with Gasteiger partial charge in [-0.3, -0.25) is 0 Å². The summed E-state index contributed by atoms with van der Waals surface area (Å²) < 4.78 is 0. The van der Waals surface area contributed by atoms with Crippen LogP contribution in [0, 0.1) is 0 Å². The van der Waals surface area contributed by atoms with E-state index in [1.165, 1.54) is 36.0 Å². The molecule has 1 fully saturated rings. The van der Waals surface area contributed by atoms with Gasteiger partial charge in [-0.1, -0.05) is 54.6 Å². The molecule has 3 heterocycles. The molecule has 2 aliphatic heterocycles. The number of piperidine rings is 1. The van der Waals surface area contributed by atoms with Crippen molar-refractivity contribution >= 4 is 34.9 Å². The molecule has 0 spiro atoms. The summed E-state index contributed by atoms with van der Waals surface area (Å²) in [5.74, 6) is 2.48. The summed E-state index contributed by atoms with van der Waals surface area (Å²) in [6, 6.07) is 21.2.